The molecule has 0 amide bonds. The lowest BCUT2D eigenvalue weighted by atomic mass is 9.83. The standard InChI is InChI=1S/C14H27N/c1-14(2)10-12(14)13(15-3)9-11-7-5-4-6-8-11/h11-13,15H,4-10H2,1-3H3. The van der Waals surface area contributed by atoms with Gasteiger partial charge in [0.1, 0.15) is 0 Å². The van der Waals surface area contributed by atoms with Crippen molar-refractivity contribution in [1.29, 1.82) is 0 Å². The minimum absolute atomic E-state index is 0.627. The largest absolute Gasteiger partial charge is 0.317 e. The molecular formula is C14H27N. The number of rotatable bonds is 4. The molecule has 0 saturated heterocycles. The lowest BCUT2D eigenvalue weighted by molar-refractivity contribution is 0.279. The summed E-state index contributed by atoms with van der Waals surface area (Å²) in [5.41, 5.74) is 0.627. The molecule has 0 bridgehead atoms. The number of nitrogens with one attached hydrogen (secondary N) is 1. The van der Waals surface area contributed by atoms with E-state index in [4.69, 9.17) is 0 Å². The Morgan fingerprint density at radius 2 is 1.80 bits per heavy atom. The second kappa shape index (κ2) is 4.45. The van der Waals surface area contributed by atoms with Gasteiger partial charge in [-0.25, -0.2) is 0 Å². The van der Waals surface area contributed by atoms with Crippen LogP contribution in [0.15, 0.2) is 0 Å². The molecule has 2 aliphatic rings. The molecule has 1 N–H and O–H groups in total. The molecule has 0 aromatic carbocycles. The van der Waals surface area contributed by atoms with Crippen LogP contribution in [-0.4, -0.2) is 13.1 Å². The van der Waals surface area contributed by atoms with Gasteiger partial charge < -0.3 is 5.32 Å². The van der Waals surface area contributed by atoms with Crippen LogP contribution in [0.3, 0.4) is 0 Å². The molecule has 0 aromatic rings. The van der Waals surface area contributed by atoms with Crippen LogP contribution in [0, 0.1) is 17.3 Å². The molecular weight excluding hydrogens is 182 g/mol. The van der Waals surface area contributed by atoms with Gasteiger partial charge in [0.05, 0.1) is 0 Å². The zero-order valence-electron chi connectivity index (χ0n) is 10.7. The van der Waals surface area contributed by atoms with E-state index in [0.717, 1.165) is 17.9 Å². The van der Waals surface area contributed by atoms with Crippen molar-refractivity contribution in [3.05, 3.63) is 0 Å². The van der Waals surface area contributed by atoms with Gasteiger partial charge in [0.25, 0.3) is 0 Å². The molecule has 0 aromatic heterocycles. The van der Waals surface area contributed by atoms with E-state index in [2.05, 4.69) is 26.2 Å². The summed E-state index contributed by atoms with van der Waals surface area (Å²) in [7, 11) is 2.15. The second-order valence-electron chi connectivity index (χ2n) is 6.43. The summed E-state index contributed by atoms with van der Waals surface area (Å²) >= 11 is 0. The maximum Gasteiger partial charge on any atom is 0.0100 e. The Morgan fingerprint density at radius 3 is 2.27 bits per heavy atom. The van der Waals surface area contributed by atoms with Crippen LogP contribution in [0.25, 0.3) is 0 Å². The Balaban J connectivity index is 1.80. The Bertz CT molecular complexity index is 203. The summed E-state index contributed by atoms with van der Waals surface area (Å²) in [6.45, 7) is 4.84. The molecule has 0 spiro atoms. The van der Waals surface area contributed by atoms with E-state index in [0.29, 0.717) is 5.41 Å². The molecule has 2 atom stereocenters. The fraction of sp³-hybridized carbons (Fsp3) is 1.00. The third-order valence-corrected chi connectivity index (χ3v) is 4.76. The van der Waals surface area contributed by atoms with Crippen LogP contribution < -0.4 is 5.32 Å². The van der Waals surface area contributed by atoms with Gasteiger partial charge in [0.15, 0.2) is 0 Å². The highest BCUT2D eigenvalue weighted by atomic mass is 14.9. The van der Waals surface area contributed by atoms with Crippen LogP contribution in [0.2, 0.25) is 0 Å². The minimum Gasteiger partial charge on any atom is -0.317 e. The highest BCUT2D eigenvalue weighted by Crippen LogP contribution is 2.54. The van der Waals surface area contributed by atoms with Crippen molar-refractivity contribution in [2.45, 2.75) is 64.8 Å². The smallest absolute Gasteiger partial charge is 0.0100 e. The quantitative estimate of drug-likeness (QED) is 0.746. The van der Waals surface area contributed by atoms with Gasteiger partial charge in [0.2, 0.25) is 0 Å². The van der Waals surface area contributed by atoms with Crippen molar-refractivity contribution in [3.8, 4) is 0 Å². The molecule has 15 heavy (non-hydrogen) atoms. The molecule has 1 heteroatoms. The van der Waals surface area contributed by atoms with E-state index in [1.165, 1.54) is 44.9 Å². The Hall–Kier alpha value is -0.0400. The SMILES string of the molecule is CNC(CC1CCCCC1)C1CC1(C)C. The van der Waals surface area contributed by atoms with Gasteiger partial charge in [-0.3, -0.25) is 0 Å². The molecule has 0 aliphatic heterocycles. The molecule has 2 unspecified atom stereocenters. The first-order valence-corrected chi connectivity index (χ1v) is 6.81. The predicted octanol–water partition coefficient (Wildman–Crippen LogP) is 3.59. The Kier molecular flexibility index (Phi) is 3.39. The van der Waals surface area contributed by atoms with E-state index < -0.39 is 0 Å². The monoisotopic (exact) mass is 209 g/mol. The Morgan fingerprint density at radius 1 is 1.20 bits per heavy atom. The summed E-state index contributed by atoms with van der Waals surface area (Å²) in [5, 5.41) is 3.57. The van der Waals surface area contributed by atoms with E-state index in [1.54, 1.807) is 0 Å². The fourth-order valence-electron chi connectivity index (χ4n) is 3.46. The van der Waals surface area contributed by atoms with Crippen LogP contribution in [0.4, 0.5) is 0 Å². The Labute approximate surface area is 95.0 Å². The molecule has 0 radical (unpaired) electrons. The first-order chi connectivity index (χ1) is 7.13. The fourth-order valence-corrected chi connectivity index (χ4v) is 3.46. The minimum atomic E-state index is 0.627. The van der Waals surface area contributed by atoms with Gasteiger partial charge in [0, 0.05) is 6.04 Å². The van der Waals surface area contributed by atoms with E-state index in [9.17, 15) is 0 Å². The van der Waals surface area contributed by atoms with Gasteiger partial charge in [-0.1, -0.05) is 46.0 Å². The van der Waals surface area contributed by atoms with E-state index in [1.807, 2.05) is 0 Å². The maximum absolute atomic E-state index is 3.57. The summed E-state index contributed by atoms with van der Waals surface area (Å²) in [6.07, 6.45) is 10.3. The van der Waals surface area contributed by atoms with Crippen molar-refractivity contribution < 1.29 is 0 Å². The normalized spacial score (nSPS) is 32.6. The lowest BCUT2D eigenvalue weighted by Crippen LogP contribution is -2.32. The van der Waals surface area contributed by atoms with Crippen molar-refractivity contribution in [1.82, 2.24) is 5.32 Å². The molecule has 2 saturated carbocycles. The molecule has 2 rings (SSSR count). The zero-order chi connectivity index (χ0) is 10.9. The topological polar surface area (TPSA) is 12.0 Å². The van der Waals surface area contributed by atoms with Crippen LogP contribution in [0.5, 0.6) is 0 Å². The second-order valence-corrected chi connectivity index (χ2v) is 6.43. The van der Waals surface area contributed by atoms with Gasteiger partial charge in [-0.15, -0.1) is 0 Å². The molecule has 2 aliphatic carbocycles. The van der Waals surface area contributed by atoms with Crippen molar-refractivity contribution >= 4 is 0 Å². The molecule has 88 valence electrons. The summed E-state index contributed by atoms with van der Waals surface area (Å²) < 4.78 is 0. The maximum atomic E-state index is 3.57. The molecule has 1 nitrogen and oxygen atoms in total. The molecule has 0 heterocycles. The highest BCUT2D eigenvalue weighted by molar-refractivity contribution is 5.01. The highest BCUT2D eigenvalue weighted by Gasteiger charge is 2.49. The summed E-state index contributed by atoms with van der Waals surface area (Å²) in [4.78, 5) is 0. The number of hydrogen-bond acceptors (Lipinski definition) is 1. The van der Waals surface area contributed by atoms with Gasteiger partial charge in [-0.05, 0) is 37.1 Å². The number of hydrogen-bond donors (Lipinski definition) is 1. The van der Waals surface area contributed by atoms with Crippen LogP contribution in [0.1, 0.15) is 58.8 Å². The van der Waals surface area contributed by atoms with Crippen molar-refractivity contribution in [2.75, 3.05) is 7.05 Å². The predicted molar refractivity (Wildman–Crippen MR) is 65.9 cm³/mol. The van der Waals surface area contributed by atoms with E-state index >= 15 is 0 Å². The first kappa shape index (κ1) is 11.4. The lowest BCUT2D eigenvalue weighted by Gasteiger charge is -2.27. The molecule has 2 fully saturated rings. The van der Waals surface area contributed by atoms with Crippen LogP contribution in [-0.2, 0) is 0 Å². The first-order valence-electron chi connectivity index (χ1n) is 6.81. The van der Waals surface area contributed by atoms with Crippen molar-refractivity contribution in [2.24, 2.45) is 17.3 Å². The van der Waals surface area contributed by atoms with Crippen molar-refractivity contribution in [3.63, 3.8) is 0 Å². The van der Waals surface area contributed by atoms with Gasteiger partial charge in [-0.2, -0.15) is 0 Å². The zero-order valence-corrected chi connectivity index (χ0v) is 10.7. The van der Waals surface area contributed by atoms with E-state index in [-0.39, 0.29) is 0 Å². The van der Waals surface area contributed by atoms with Gasteiger partial charge >= 0.3 is 0 Å². The summed E-state index contributed by atoms with van der Waals surface area (Å²) in [6, 6.07) is 0.795. The average Bonchev–Trinajstić information content (AvgIpc) is 2.86. The average molecular weight is 209 g/mol. The third-order valence-electron chi connectivity index (χ3n) is 4.76. The summed E-state index contributed by atoms with van der Waals surface area (Å²) in [5.74, 6) is 1.97. The van der Waals surface area contributed by atoms with Crippen LogP contribution >= 0.6 is 0 Å². The third kappa shape index (κ3) is 2.75.